The van der Waals surface area contributed by atoms with E-state index in [0.29, 0.717) is 5.03 Å². The van der Waals surface area contributed by atoms with E-state index in [1.165, 1.54) is 35.5 Å². The third-order valence-electron chi connectivity index (χ3n) is 2.41. The van der Waals surface area contributed by atoms with E-state index in [2.05, 4.69) is 15.0 Å². The molecule has 0 radical (unpaired) electrons. The molecule has 3 rings (SSSR count). The number of pyridine rings is 1. The first-order chi connectivity index (χ1) is 9.25. The van der Waals surface area contributed by atoms with Gasteiger partial charge in [-0.05, 0) is 35.3 Å². The molecular formula is C12H7N3O2S2. The van der Waals surface area contributed by atoms with Crippen molar-refractivity contribution in [3.8, 4) is 0 Å². The van der Waals surface area contributed by atoms with Gasteiger partial charge in [0.2, 0.25) is 0 Å². The molecule has 19 heavy (non-hydrogen) atoms. The van der Waals surface area contributed by atoms with Crippen LogP contribution in [0.15, 0.2) is 46.2 Å². The first kappa shape index (κ1) is 12.1. The van der Waals surface area contributed by atoms with Crippen LogP contribution in [0.3, 0.4) is 0 Å². The van der Waals surface area contributed by atoms with E-state index in [-0.39, 0.29) is 5.56 Å². The minimum absolute atomic E-state index is 0.177. The predicted octanol–water partition coefficient (Wildman–Crippen LogP) is 2.94. The van der Waals surface area contributed by atoms with Crippen LogP contribution in [0.5, 0.6) is 0 Å². The summed E-state index contributed by atoms with van der Waals surface area (Å²) in [4.78, 5) is 23.6. The first-order valence-electron chi connectivity index (χ1n) is 5.30. The molecule has 0 aromatic carbocycles. The molecule has 0 amide bonds. The molecule has 5 nitrogen and oxygen atoms in total. The molecule has 0 saturated heterocycles. The van der Waals surface area contributed by atoms with Gasteiger partial charge in [-0.15, -0.1) is 11.3 Å². The summed E-state index contributed by atoms with van der Waals surface area (Å²) in [5, 5.41) is 12.2. The van der Waals surface area contributed by atoms with Gasteiger partial charge in [0.15, 0.2) is 0 Å². The van der Waals surface area contributed by atoms with E-state index < -0.39 is 5.97 Å². The third-order valence-corrected chi connectivity index (χ3v) is 4.47. The van der Waals surface area contributed by atoms with Crippen molar-refractivity contribution >= 4 is 39.3 Å². The Hall–Kier alpha value is -1.99. The fourth-order valence-corrected chi connectivity index (χ4v) is 3.42. The number of hydrogen-bond donors (Lipinski definition) is 1. The van der Waals surface area contributed by atoms with E-state index in [4.69, 9.17) is 5.11 Å². The van der Waals surface area contributed by atoms with Crippen LogP contribution in [0.4, 0.5) is 0 Å². The summed E-state index contributed by atoms with van der Waals surface area (Å²) in [6, 6.07) is 5.04. The Morgan fingerprint density at radius 1 is 1.21 bits per heavy atom. The fourth-order valence-electron chi connectivity index (χ4n) is 1.57. The molecule has 3 aromatic rings. The molecule has 0 bridgehead atoms. The highest BCUT2D eigenvalue weighted by molar-refractivity contribution is 7.99. The number of carbonyl (C=O) groups is 1. The van der Waals surface area contributed by atoms with Crippen LogP contribution < -0.4 is 0 Å². The number of thiophene rings is 1. The zero-order chi connectivity index (χ0) is 13.2. The summed E-state index contributed by atoms with van der Waals surface area (Å²) < 4.78 is 0.939. The summed E-state index contributed by atoms with van der Waals surface area (Å²) in [6.07, 6.45) is 3.04. The maximum Gasteiger partial charge on any atom is 0.338 e. The lowest BCUT2D eigenvalue weighted by molar-refractivity contribution is 0.0692. The number of nitrogens with zero attached hydrogens (tertiary/aromatic N) is 3. The second-order valence-electron chi connectivity index (χ2n) is 3.58. The van der Waals surface area contributed by atoms with Crippen molar-refractivity contribution in [1.82, 2.24) is 15.0 Å². The van der Waals surface area contributed by atoms with Crippen molar-refractivity contribution in [1.29, 1.82) is 0 Å². The zero-order valence-electron chi connectivity index (χ0n) is 9.48. The largest absolute Gasteiger partial charge is 0.478 e. The van der Waals surface area contributed by atoms with Gasteiger partial charge in [0.1, 0.15) is 16.4 Å². The quantitative estimate of drug-likeness (QED) is 0.747. The summed E-state index contributed by atoms with van der Waals surface area (Å²) in [7, 11) is 0. The van der Waals surface area contributed by atoms with Gasteiger partial charge in [-0.1, -0.05) is 0 Å². The Bertz CT molecular complexity index is 757. The van der Waals surface area contributed by atoms with Gasteiger partial charge in [-0.25, -0.2) is 19.7 Å². The molecule has 3 heterocycles. The summed E-state index contributed by atoms with van der Waals surface area (Å²) in [5.41, 5.74) is 1.03. The number of aromatic carboxylic acids is 1. The molecule has 3 aromatic heterocycles. The normalized spacial score (nSPS) is 10.7. The highest BCUT2D eigenvalue weighted by Gasteiger charge is 2.14. The number of carboxylic acids is 1. The number of aromatic nitrogens is 3. The SMILES string of the molecule is O=C(O)c1cccnc1Sc1ncnc2ccsc12. The van der Waals surface area contributed by atoms with Crippen LogP contribution >= 0.6 is 23.1 Å². The van der Waals surface area contributed by atoms with Crippen molar-refractivity contribution in [3.05, 3.63) is 41.7 Å². The van der Waals surface area contributed by atoms with E-state index in [9.17, 15) is 4.79 Å². The molecule has 0 aliphatic heterocycles. The lowest BCUT2D eigenvalue weighted by Crippen LogP contribution is -2.00. The predicted molar refractivity (Wildman–Crippen MR) is 72.7 cm³/mol. The Kier molecular flexibility index (Phi) is 3.14. The van der Waals surface area contributed by atoms with Gasteiger partial charge in [-0.3, -0.25) is 0 Å². The third kappa shape index (κ3) is 2.29. The summed E-state index contributed by atoms with van der Waals surface area (Å²) in [5.74, 6) is -0.993. The molecule has 94 valence electrons. The van der Waals surface area contributed by atoms with Gasteiger partial charge in [-0.2, -0.15) is 0 Å². The van der Waals surface area contributed by atoms with Crippen LogP contribution in [-0.4, -0.2) is 26.0 Å². The van der Waals surface area contributed by atoms with Crippen molar-refractivity contribution < 1.29 is 9.90 Å². The smallest absolute Gasteiger partial charge is 0.338 e. The Morgan fingerprint density at radius 3 is 2.95 bits per heavy atom. The lowest BCUT2D eigenvalue weighted by Gasteiger charge is -2.04. The Balaban J connectivity index is 2.06. The molecular weight excluding hydrogens is 282 g/mol. The second kappa shape index (κ2) is 4.94. The minimum Gasteiger partial charge on any atom is -0.478 e. The number of fused-ring (bicyclic) bond motifs is 1. The zero-order valence-corrected chi connectivity index (χ0v) is 11.1. The van der Waals surface area contributed by atoms with Crippen LogP contribution in [0, 0.1) is 0 Å². The molecule has 0 saturated carbocycles. The van der Waals surface area contributed by atoms with E-state index in [1.807, 2.05) is 11.4 Å². The van der Waals surface area contributed by atoms with Crippen molar-refractivity contribution in [2.75, 3.05) is 0 Å². The van der Waals surface area contributed by atoms with Gasteiger partial charge in [0.05, 0.1) is 15.8 Å². The maximum absolute atomic E-state index is 11.1. The number of carboxylic acid groups (broad SMARTS) is 1. The highest BCUT2D eigenvalue weighted by Crippen LogP contribution is 2.34. The maximum atomic E-state index is 11.1. The topological polar surface area (TPSA) is 76.0 Å². The highest BCUT2D eigenvalue weighted by atomic mass is 32.2. The molecule has 7 heteroatoms. The van der Waals surface area contributed by atoms with Gasteiger partial charge in [0.25, 0.3) is 0 Å². The summed E-state index contributed by atoms with van der Waals surface area (Å²) in [6.45, 7) is 0. The van der Waals surface area contributed by atoms with Crippen molar-refractivity contribution in [3.63, 3.8) is 0 Å². The van der Waals surface area contributed by atoms with Gasteiger partial charge >= 0.3 is 5.97 Å². The molecule has 1 N–H and O–H groups in total. The number of rotatable bonds is 3. The average Bonchev–Trinajstić information content (AvgIpc) is 2.88. The van der Waals surface area contributed by atoms with Crippen LogP contribution in [-0.2, 0) is 0 Å². The molecule has 0 fully saturated rings. The van der Waals surface area contributed by atoms with Gasteiger partial charge < -0.3 is 5.11 Å². The van der Waals surface area contributed by atoms with Crippen molar-refractivity contribution in [2.24, 2.45) is 0 Å². The number of hydrogen-bond acceptors (Lipinski definition) is 6. The monoisotopic (exact) mass is 289 g/mol. The van der Waals surface area contributed by atoms with Crippen molar-refractivity contribution in [2.45, 2.75) is 10.1 Å². The molecule has 0 aliphatic carbocycles. The fraction of sp³-hybridized carbons (Fsp3) is 0. The average molecular weight is 289 g/mol. The molecule has 0 aliphatic rings. The van der Waals surface area contributed by atoms with E-state index in [0.717, 1.165) is 15.2 Å². The Labute approximate surface area is 116 Å². The van der Waals surface area contributed by atoms with E-state index in [1.54, 1.807) is 12.3 Å². The second-order valence-corrected chi connectivity index (χ2v) is 5.47. The van der Waals surface area contributed by atoms with Crippen LogP contribution in [0.25, 0.3) is 10.2 Å². The molecule has 0 unspecified atom stereocenters. The van der Waals surface area contributed by atoms with Crippen LogP contribution in [0.1, 0.15) is 10.4 Å². The van der Waals surface area contributed by atoms with Crippen LogP contribution in [0.2, 0.25) is 0 Å². The summed E-state index contributed by atoms with van der Waals surface area (Å²) >= 11 is 2.77. The lowest BCUT2D eigenvalue weighted by atomic mass is 10.3. The Morgan fingerprint density at radius 2 is 2.11 bits per heavy atom. The van der Waals surface area contributed by atoms with E-state index >= 15 is 0 Å². The standard InChI is InChI=1S/C12H7N3O2S2/c16-12(17)7-2-1-4-13-10(7)19-11-9-8(3-5-18-9)14-6-15-11/h1-6H,(H,16,17). The minimum atomic E-state index is -0.993. The first-order valence-corrected chi connectivity index (χ1v) is 6.99. The molecule has 0 atom stereocenters. The van der Waals surface area contributed by atoms with Gasteiger partial charge in [0, 0.05) is 6.20 Å². The molecule has 0 spiro atoms.